The van der Waals surface area contributed by atoms with Crippen molar-refractivity contribution in [2.45, 2.75) is 31.8 Å². The summed E-state index contributed by atoms with van der Waals surface area (Å²) in [4.78, 5) is 0. The second-order valence-electron chi connectivity index (χ2n) is 5.18. The molecule has 1 aliphatic heterocycles. The zero-order valence-electron chi connectivity index (χ0n) is 9.87. The van der Waals surface area contributed by atoms with Crippen LogP contribution in [-0.2, 0) is 6.42 Å². The van der Waals surface area contributed by atoms with Gasteiger partial charge in [-0.2, -0.15) is 0 Å². The van der Waals surface area contributed by atoms with Crippen LogP contribution in [0.15, 0.2) is 24.3 Å². The third-order valence-corrected chi connectivity index (χ3v) is 3.91. The van der Waals surface area contributed by atoms with E-state index in [-0.39, 0.29) is 0 Å². The fraction of sp³-hybridized carbons (Fsp3) is 0.571. The van der Waals surface area contributed by atoms with Gasteiger partial charge < -0.3 is 10.6 Å². The lowest BCUT2D eigenvalue weighted by molar-refractivity contribution is 0.462. The van der Waals surface area contributed by atoms with Crippen molar-refractivity contribution in [3.8, 4) is 0 Å². The smallest absolute Gasteiger partial charge is 0.0449 e. The van der Waals surface area contributed by atoms with Gasteiger partial charge in [-0.15, -0.1) is 0 Å². The third kappa shape index (κ3) is 2.00. The van der Waals surface area contributed by atoms with Crippen LogP contribution in [0.5, 0.6) is 0 Å². The molecule has 1 fully saturated rings. The lowest BCUT2D eigenvalue weighted by Gasteiger charge is -2.27. The van der Waals surface area contributed by atoms with Crippen LogP contribution >= 0.6 is 0 Å². The molecule has 0 bridgehead atoms. The molecule has 0 saturated heterocycles. The molecule has 2 nitrogen and oxygen atoms in total. The topological polar surface area (TPSA) is 24.1 Å². The highest BCUT2D eigenvalue weighted by atomic mass is 15.0. The molecule has 2 N–H and O–H groups in total. The van der Waals surface area contributed by atoms with E-state index in [0.717, 1.165) is 25.0 Å². The average Bonchev–Trinajstić information content (AvgIpc) is 3.03. The van der Waals surface area contributed by atoms with Crippen LogP contribution in [0.4, 0.5) is 0 Å². The molecule has 86 valence electrons. The van der Waals surface area contributed by atoms with Gasteiger partial charge >= 0.3 is 0 Å². The van der Waals surface area contributed by atoms with Gasteiger partial charge in [0.25, 0.3) is 0 Å². The fourth-order valence-electron chi connectivity index (χ4n) is 2.65. The lowest BCUT2D eigenvalue weighted by atomic mass is 9.94. The first-order valence-corrected chi connectivity index (χ1v) is 6.39. The molecule has 16 heavy (non-hydrogen) atoms. The minimum absolute atomic E-state index is 0.512. The summed E-state index contributed by atoms with van der Waals surface area (Å²) in [6.45, 7) is 4.51. The second kappa shape index (κ2) is 4.19. The summed E-state index contributed by atoms with van der Waals surface area (Å²) in [5, 5.41) is 7.27. The van der Waals surface area contributed by atoms with Crippen molar-refractivity contribution in [3.05, 3.63) is 35.4 Å². The highest BCUT2D eigenvalue weighted by Gasteiger charge is 2.32. The van der Waals surface area contributed by atoms with Gasteiger partial charge in [0.05, 0.1) is 0 Å². The van der Waals surface area contributed by atoms with Gasteiger partial charge in [-0.3, -0.25) is 0 Å². The molecule has 1 saturated carbocycles. The number of benzene rings is 1. The molecule has 1 aliphatic carbocycles. The van der Waals surface area contributed by atoms with Crippen LogP contribution in [0.25, 0.3) is 0 Å². The summed E-state index contributed by atoms with van der Waals surface area (Å²) in [7, 11) is 0. The summed E-state index contributed by atoms with van der Waals surface area (Å²) in [6.07, 6.45) is 2.53. The van der Waals surface area contributed by atoms with E-state index < -0.39 is 0 Å². The highest BCUT2D eigenvalue weighted by Crippen LogP contribution is 2.30. The normalized spacial score (nSPS) is 32.2. The Morgan fingerprint density at radius 2 is 2.19 bits per heavy atom. The Kier molecular flexibility index (Phi) is 2.70. The quantitative estimate of drug-likeness (QED) is 0.806. The summed E-state index contributed by atoms with van der Waals surface area (Å²) >= 11 is 0. The van der Waals surface area contributed by atoms with Gasteiger partial charge in [0, 0.05) is 18.6 Å². The molecule has 1 aromatic rings. The maximum atomic E-state index is 3.65. The first-order valence-electron chi connectivity index (χ1n) is 6.39. The van der Waals surface area contributed by atoms with E-state index in [0.29, 0.717) is 6.04 Å². The summed E-state index contributed by atoms with van der Waals surface area (Å²) in [5.74, 6) is 0.888. The van der Waals surface area contributed by atoms with Crippen LogP contribution in [0.2, 0.25) is 0 Å². The van der Waals surface area contributed by atoms with Crippen molar-refractivity contribution >= 4 is 0 Å². The first-order chi connectivity index (χ1) is 7.84. The van der Waals surface area contributed by atoms with Gasteiger partial charge in [0.15, 0.2) is 0 Å². The minimum Gasteiger partial charge on any atom is -0.312 e. The Balaban J connectivity index is 1.67. The van der Waals surface area contributed by atoms with Gasteiger partial charge in [-0.05, 0) is 36.4 Å². The Morgan fingerprint density at radius 1 is 1.38 bits per heavy atom. The van der Waals surface area contributed by atoms with Crippen molar-refractivity contribution in [2.75, 3.05) is 13.1 Å². The van der Waals surface area contributed by atoms with Crippen LogP contribution < -0.4 is 10.6 Å². The molecule has 1 aromatic carbocycles. The van der Waals surface area contributed by atoms with Crippen LogP contribution in [0.3, 0.4) is 0 Å². The van der Waals surface area contributed by atoms with E-state index in [1.807, 2.05) is 0 Å². The fourth-order valence-corrected chi connectivity index (χ4v) is 2.65. The molecule has 0 aromatic heterocycles. The van der Waals surface area contributed by atoms with E-state index in [2.05, 4.69) is 41.8 Å². The predicted molar refractivity (Wildman–Crippen MR) is 66.5 cm³/mol. The second-order valence-corrected chi connectivity index (χ2v) is 5.18. The Hall–Kier alpha value is -0.860. The average molecular weight is 216 g/mol. The molecule has 3 rings (SSSR count). The lowest BCUT2D eigenvalue weighted by Crippen LogP contribution is -2.37. The Bertz CT molecular complexity index is 375. The van der Waals surface area contributed by atoms with E-state index in [1.54, 1.807) is 0 Å². The zero-order chi connectivity index (χ0) is 11.0. The number of nitrogens with one attached hydrogen (secondary N) is 2. The van der Waals surface area contributed by atoms with Crippen LogP contribution in [-0.4, -0.2) is 19.1 Å². The zero-order valence-corrected chi connectivity index (χ0v) is 9.87. The molecule has 0 radical (unpaired) electrons. The molecule has 3 atom stereocenters. The van der Waals surface area contributed by atoms with Crippen molar-refractivity contribution < 1.29 is 0 Å². The number of fused-ring (bicyclic) bond motifs is 1. The summed E-state index contributed by atoms with van der Waals surface area (Å²) in [6, 6.07) is 10.1. The SMILES string of the molecule is CC1CC1NCC1NCCc2ccccc21. The molecule has 0 spiro atoms. The van der Waals surface area contributed by atoms with E-state index >= 15 is 0 Å². The van der Waals surface area contributed by atoms with Crippen LogP contribution in [0.1, 0.15) is 30.5 Å². The van der Waals surface area contributed by atoms with E-state index in [9.17, 15) is 0 Å². The van der Waals surface area contributed by atoms with Crippen molar-refractivity contribution in [2.24, 2.45) is 5.92 Å². The number of hydrogen-bond donors (Lipinski definition) is 2. The molecule has 3 unspecified atom stereocenters. The molecule has 2 heteroatoms. The molecule has 2 aliphatic rings. The van der Waals surface area contributed by atoms with E-state index in [1.165, 1.54) is 24.0 Å². The minimum atomic E-state index is 0.512. The van der Waals surface area contributed by atoms with Gasteiger partial charge in [-0.1, -0.05) is 31.2 Å². The highest BCUT2D eigenvalue weighted by molar-refractivity contribution is 5.32. The number of rotatable bonds is 3. The number of hydrogen-bond acceptors (Lipinski definition) is 2. The van der Waals surface area contributed by atoms with Crippen molar-refractivity contribution in [3.63, 3.8) is 0 Å². The molecule has 0 amide bonds. The van der Waals surface area contributed by atoms with Gasteiger partial charge in [0.1, 0.15) is 0 Å². The van der Waals surface area contributed by atoms with Crippen molar-refractivity contribution in [1.82, 2.24) is 10.6 Å². The maximum Gasteiger partial charge on any atom is 0.0449 e. The third-order valence-electron chi connectivity index (χ3n) is 3.91. The summed E-state index contributed by atoms with van der Waals surface area (Å²) < 4.78 is 0. The molecular weight excluding hydrogens is 196 g/mol. The Labute approximate surface area is 97.4 Å². The largest absolute Gasteiger partial charge is 0.312 e. The van der Waals surface area contributed by atoms with Crippen LogP contribution in [0, 0.1) is 5.92 Å². The summed E-state index contributed by atoms with van der Waals surface area (Å²) in [5.41, 5.74) is 3.02. The predicted octanol–water partition coefficient (Wildman–Crippen LogP) is 1.87. The maximum absolute atomic E-state index is 3.65. The monoisotopic (exact) mass is 216 g/mol. The Morgan fingerprint density at radius 3 is 3.00 bits per heavy atom. The van der Waals surface area contributed by atoms with Crippen molar-refractivity contribution in [1.29, 1.82) is 0 Å². The van der Waals surface area contributed by atoms with E-state index in [4.69, 9.17) is 0 Å². The first kappa shape index (κ1) is 10.3. The molecule has 1 heterocycles. The standard InChI is InChI=1S/C14H20N2/c1-10-8-13(10)16-9-14-12-5-3-2-4-11(12)6-7-15-14/h2-5,10,13-16H,6-9H2,1H3. The van der Waals surface area contributed by atoms with Gasteiger partial charge in [0.2, 0.25) is 0 Å². The van der Waals surface area contributed by atoms with Gasteiger partial charge in [-0.25, -0.2) is 0 Å². The molecular formula is C14H20N2.